The highest BCUT2D eigenvalue weighted by molar-refractivity contribution is 5.79. The minimum absolute atomic E-state index is 0.114. The Labute approximate surface area is 81.3 Å². The summed E-state index contributed by atoms with van der Waals surface area (Å²) in [5.41, 5.74) is 0. The fraction of sp³-hybridized carbons (Fsp3) is 0.909. The van der Waals surface area contributed by atoms with Crippen LogP contribution in [0.4, 0.5) is 0 Å². The van der Waals surface area contributed by atoms with Gasteiger partial charge in [-0.3, -0.25) is 4.79 Å². The summed E-state index contributed by atoms with van der Waals surface area (Å²) in [6.07, 6.45) is 1.97. The zero-order valence-electron chi connectivity index (χ0n) is 9.21. The van der Waals surface area contributed by atoms with Crippen molar-refractivity contribution in [3.8, 4) is 0 Å². The Kier molecular flexibility index (Phi) is 5.97. The standard InChI is InChI=1S/C11H22O2/c1-5-8(2)9(3)6-7-11(13)10(4)12/h8-9,11,13H,5-7H2,1-4H3. The van der Waals surface area contributed by atoms with Crippen LogP contribution in [0.5, 0.6) is 0 Å². The van der Waals surface area contributed by atoms with Crippen molar-refractivity contribution >= 4 is 5.78 Å². The lowest BCUT2D eigenvalue weighted by molar-refractivity contribution is -0.125. The largest absolute Gasteiger partial charge is 0.385 e. The number of hydrogen-bond acceptors (Lipinski definition) is 2. The van der Waals surface area contributed by atoms with E-state index in [-0.39, 0.29) is 5.78 Å². The molecule has 2 heteroatoms. The highest BCUT2D eigenvalue weighted by atomic mass is 16.3. The van der Waals surface area contributed by atoms with E-state index in [0.717, 1.165) is 12.8 Å². The minimum Gasteiger partial charge on any atom is -0.385 e. The van der Waals surface area contributed by atoms with E-state index in [4.69, 9.17) is 0 Å². The van der Waals surface area contributed by atoms with Crippen LogP contribution in [0.15, 0.2) is 0 Å². The van der Waals surface area contributed by atoms with E-state index in [0.29, 0.717) is 18.3 Å². The first-order valence-corrected chi connectivity index (χ1v) is 5.17. The molecule has 0 spiro atoms. The summed E-state index contributed by atoms with van der Waals surface area (Å²) in [4.78, 5) is 10.7. The fourth-order valence-electron chi connectivity index (χ4n) is 1.31. The molecule has 0 saturated heterocycles. The number of hydrogen-bond donors (Lipinski definition) is 1. The Bertz CT molecular complexity index is 154. The highest BCUT2D eigenvalue weighted by Gasteiger charge is 2.14. The fourth-order valence-corrected chi connectivity index (χ4v) is 1.31. The monoisotopic (exact) mass is 186 g/mol. The van der Waals surface area contributed by atoms with Crippen molar-refractivity contribution in [2.75, 3.05) is 0 Å². The third kappa shape index (κ3) is 5.04. The van der Waals surface area contributed by atoms with E-state index in [1.54, 1.807) is 0 Å². The normalized spacial score (nSPS) is 17.9. The lowest BCUT2D eigenvalue weighted by Crippen LogP contribution is -2.19. The molecule has 0 aliphatic rings. The van der Waals surface area contributed by atoms with Gasteiger partial charge in [-0.2, -0.15) is 0 Å². The molecule has 0 radical (unpaired) electrons. The van der Waals surface area contributed by atoms with Crippen LogP contribution >= 0.6 is 0 Å². The third-order valence-corrected chi connectivity index (χ3v) is 2.98. The van der Waals surface area contributed by atoms with Crippen LogP contribution in [0, 0.1) is 11.8 Å². The molecule has 0 bridgehead atoms. The van der Waals surface area contributed by atoms with E-state index >= 15 is 0 Å². The van der Waals surface area contributed by atoms with Crippen molar-refractivity contribution < 1.29 is 9.90 Å². The Hall–Kier alpha value is -0.370. The summed E-state index contributed by atoms with van der Waals surface area (Å²) in [7, 11) is 0. The molecule has 1 N–H and O–H groups in total. The van der Waals surface area contributed by atoms with Gasteiger partial charge in [-0.25, -0.2) is 0 Å². The molecule has 0 aliphatic carbocycles. The van der Waals surface area contributed by atoms with Crippen LogP contribution < -0.4 is 0 Å². The van der Waals surface area contributed by atoms with E-state index < -0.39 is 6.10 Å². The molecule has 78 valence electrons. The first kappa shape index (κ1) is 12.6. The lowest BCUT2D eigenvalue weighted by Gasteiger charge is -2.18. The van der Waals surface area contributed by atoms with E-state index in [9.17, 15) is 9.90 Å². The smallest absolute Gasteiger partial charge is 0.158 e. The molecule has 2 nitrogen and oxygen atoms in total. The van der Waals surface area contributed by atoms with Gasteiger partial charge < -0.3 is 5.11 Å². The van der Waals surface area contributed by atoms with Crippen LogP contribution in [0.1, 0.15) is 47.0 Å². The van der Waals surface area contributed by atoms with Crippen molar-refractivity contribution in [1.82, 2.24) is 0 Å². The molecule has 0 heterocycles. The van der Waals surface area contributed by atoms with Gasteiger partial charge in [-0.05, 0) is 31.6 Å². The Balaban J connectivity index is 3.69. The first-order chi connectivity index (χ1) is 5.99. The van der Waals surface area contributed by atoms with Gasteiger partial charge in [0.15, 0.2) is 5.78 Å². The quantitative estimate of drug-likeness (QED) is 0.691. The predicted molar refractivity (Wildman–Crippen MR) is 54.5 cm³/mol. The van der Waals surface area contributed by atoms with E-state index in [1.807, 2.05) is 0 Å². The topological polar surface area (TPSA) is 37.3 Å². The Morgan fingerprint density at radius 2 is 1.77 bits per heavy atom. The van der Waals surface area contributed by atoms with Crippen LogP contribution in [0.3, 0.4) is 0 Å². The maximum atomic E-state index is 10.7. The second-order valence-corrected chi connectivity index (χ2v) is 4.07. The van der Waals surface area contributed by atoms with Gasteiger partial charge in [0.25, 0.3) is 0 Å². The van der Waals surface area contributed by atoms with Crippen molar-refractivity contribution in [3.05, 3.63) is 0 Å². The number of rotatable bonds is 6. The summed E-state index contributed by atoms with van der Waals surface area (Å²) in [5.74, 6) is 1.16. The summed E-state index contributed by atoms with van der Waals surface area (Å²) >= 11 is 0. The van der Waals surface area contributed by atoms with Gasteiger partial charge in [-0.1, -0.05) is 27.2 Å². The van der Waals surface area contributed by atoms with Crippen molar-refractivity contribution in [2.24, 2.45) is 11.8 Å². The van der Waals surface area contributed by atoms with Crippen molar-refractivity contribution in [2.45, 2.75) is 53.1 Å². The summed E-state index contributed by atoms with van der Waals surface area (Å²) in [5, 5.41) is 9.28. The molecule has 0 aromatic carbocycles. The highest BCUT2D eigenvalue weighted by Crippen LogP contribution is 2.20. The Morgan fingerprint density at radius 3 is 2.15 bits per heavy atom. The molecular formula is C11H22O2. The van der Waals surface area contributed by atoms with Crippen LogP contribution in [0.25, 0.3) is 0 Å². The van der Waals surface area contributed by atoms with Crippen LogP contribution in [-0.2, 0) is 4.79 Å². The molecule has 0 amide bonds. The molecular weight excluding hydrogens is 164 g/mol. The summed E-state index contributed by atoms with van der Waals surface area (Å²) in [6, 6.07) is 0. The number of aliphatic hydroxyl groups excluding tert-OH is 1. The molecule has 3 atom stereocenters. The Morgan fingerprint density at radius 1 is 1.23 bits per heavy atom. The average molecular weight is 186 g/mol. The summed E-state index contributed by atoms with van der Waals surface area (Å²) in [6.45, 7) is 8.01. The maximum Gasteiger partial charge on any atom is 0.158 e. The number of Topliss-reactive ketones (excluding diaryl/α,β-unsaturated/α-hetero) is 1. The number of aliphatic hydroxyl groups is 1. The number of carbonyl (C=O) groups is 1. The molecule has 0 fully saturated rings. The number of ketones is 1. The van der Waals surface area contributed by atoms with E-state index in [1.165, 1.54) is 6.92 Å². The molecule has 13 heavy (non-hydrogen) atoms. The molecule has 0 aliphatic heterocycles. The number of carbonyl (C=O) groups excluding carboxylic acids is 1. The minimum atomic E-state index is -0.744. The van der Waals surface area contributed by atoms with Gasteiger partial charge in [0.05, 0.1) is 0 Å². The second-order valence-electron chi connectivity index (χ2n) is 4.07. The first-order valence-electron chi connectivity index (χ1n) is 5.17. The SMILES string of the molecule is CCC(C)C(C)CCC(O)C(C)=O. The third-order valence-electron chi connectivity index (χ3n) is 2.98. The van der Waals surface area contributed by atoms with Crippen LogP contribution in [0.2, 0.25) is 0 Å². The maximum absolute atomic E-state index is 10.7. The van der Waals surface area contributed by atoms with Gasteiger partial charge in [0.1, 0.15) is 6.10 Å². The van der Waals surface area contributed by atoms with Gasteiger partial charge in [0.2, 0.25) is 0 Å². The zero-order valence-corrected chi connectivity index (χ0v) is 9.21. The van der Waals surface area contributed by atoms with Crippen molar-refractivity contribution in [3.63, 3.8) is 0 Å². The zero-order chi connectivity index (χ0) is 10.4. The molecule has 0 saturated carbocycles. The van der Waals surface area contributed by atoms with Gasteiger partial charge in [0, 0.05) is 0 Å². The van der Waals surface area contributed by atoms with Gasteiger partial charge in [-0.15, -0.1) is 0 Å². The van der Waals surface area contributed by atoms with Gasteiger partial charge >= 0.3 is 0 Å². The summed E-state index contributed by atoms with van der Waals surface area (Å²) < 4.78 is 0. The second kappa shape index (κ2) is 6.14. The molecule has 0 rings (SSSR count). The average Bonchev–Trinajstić information content (AvgIpc) is 2.11. The van der Waals surface area contributed by atoms with Crippen molar-refractivity contribution in [1.29, 1.82) is 0 Å². The van der Waals surface area contributed by atoms with Crippen LogP contribution in [-0.4, -0.2) is 17.0 Å². The predicted octanol–water partition coefficient (Wildman–Crippen LogP) is 2.40. The van der Waals surface area contributed by atoms with E-state index in [2.05, 4.69) is 20.8 Å². The molecule has 0 aromatic rings. The molecule has 0 aromatic heterocycles. The molecule has 3 unspecified atom stereocenters. The lowest BCUT2D eigenvalue weighted by atomic mass is 9.88.